The molecule has 2 fully saturated rings. The Bertz CT molecular complexity index is 329. The van der Waals surface area contributed by atoms with Gasteiger partial charge in [-0.2, -0.15) is 0 Å². The summed E-state index contributed by atoms with van der Waals surface area (Å²) >= 11 is 0. The van der Waals surface area contributed by atoms with Crippen LogP contribution in [0.15, 0.2) is 0 Å². The van der Waals surface area contributed by atoms with Crippen LogP contribution in [-0.2, 0) is 14.3 Å². The average Bonchev–Trinajstić information content (AvgIpc) is 2.77. The number of rotatable bonds is 5. The number of ether oxygens (including phenoxy) is 2. The Morgan fingerprint density at radius 3 is 2.65 bits per heavy atom. The first-order chi connectivity index (χ1) is 9.54. The predicted octanol–water partition coefficient (Wildman–Crippen LogP) is 1.23. The Morgan fingerprint density at radius 2 is 2.10 bits per heavy atom. The van der Waals surface area contributed by atoms with E-state index in [1.165, 1.54) is 0 Å². The van der Waals surface area contributed by atoms with Gasteiger partial charge in [0.1, 0.15) is 0 Å². The summed E-state index contributed by atoms with van der Waals surface area (Å²) in [4.78, 5) is 14.6. The van der Waals surface area contributed by atoms with Crippen LogP contribution in [0.1, 0.15) is 34.1 Å². The first-order valence-corrected chi connectivity index (χ1v) is 7.80. The molecule has 20 heavy (non-hydrogen) atoms. The summed E-state index contributed by atoms with van der Waals surface area (Å²) in [7, 11) is 0. The van der Waals surface area contributed by atoms with Crippen molar-refractivity contribution in [2.75, 3.05) is 26.4 Å². The van der Waals surface area contributed by atoms with E-state index in [2.05, 4.69) is 33.0 Å². The Labute approximate surface area is 122 Å². The number of nitrogens with zero attached hydrogens (tertiary/aromatic N) is 1. The van der Waals surface area contributed by atoms with Crippen molar-refractivity contribution >= 4 is 5.91 Å². The van der Waals surface area contributed by atoms with Gasteiger partial charge in [0.2, 0.25) is 5.91 Å². The third-order valence-electron chi connectivity index (χ3n) is 4.36. The zero-order valence-electron chi connectivity index (χ0n) is 13.1. The van der Waals surface area contributed by atoms with Gasteiger partial charge in [0.05, 0.1) is 44.7 Å². The van der Waals surface area contributed by atoms with E-state index < -0.39 is 0 Å². The highest BCUT2D eigenvalue weighted by molar-refractivity contribution is 5.84. The molecule has 1 N–H and O–H groups in total. The molecule has 0 aromatic heterocycles. The standard InChI is InChI=1S/C15H28N2O3/c1-5-11(4)13-15(18)17(14(16-13)10(2)3)8-12-9-19-6-7-20-12/h10-14,16H,5-9H2,1-4H3. The highest BCUT2D eigenvalue weighted by Crippen LogP contribution is 2.24. The van der Waals surface area contributed by atoms with Crippen molar-refractivity contribution in [3.63, 3.8) is 0 Å². The highest BCUT2D eigenvalue weighted by Gasteiger charge is 2.43. The first-order valence-electron chi connectivity index (χ1n) is 7.80. The molecule has 5 heteroatoms. The van der Waals surface area contributed by atoms with E-state index >= 15 is 0 Å². The van der Waals surface area contributed by atoms with Crippen LogP contribution < -0.4 is 5.32 Å². The van der Waals surface area contributed by atoms with E-state index in [0.717, 1.165) is 6.42 Å². The van der Waals surface area contributed by atoms with Gasteiger partial charge in [-0.15, -0.1) is 0 Å². The van der Waals surface area contributed by atoms with Gasteiger partial charge in [-0.05, 0) is 11.8 Å². The molecule has 2 rings (SSSR count). The number of carbonyl (C=O) groups is 1. The number of carbonyl (C=O) groups excluding carboxylic acids is 1. The molecule has 0 aliphatic carbocycles. The van der Waals surface area contributed by atoms with Crippen LogP contribution in [0.5, 0.6) is 0 Å². The molecule has 4 unspecified atom stereocenters. The minimum atomic E-state index is -0.0584. The Hall–Kier alpha value is -0.650. The molecule has 2 heterocycles. The molecule has 4 atom stereocenters. The van der Waals surface area contributed by atoms with Gasteiger partial charge in [-0.1, -0.05) is 34.1 Å². The molecule has 2 aliphatic rings. The number of hydrogen-bond acceptors (Lipinski definition) is 4. The van der Waals surface area contributed by atoms with Crippen molar-refractivity contribution in [1.82, 2.24) is 10.2 Å². The largest absolute Gasteiger partial charge is 0.376 e. The van der Waals surface area contributed by atoms with Gasteiger partial charge >= 0.3 is 0 Å². The summed E-state index contributed by atoms with van der Waals surface area (Å²) in [5.41, 5.74) is 0. The van der Waals surface area contributed by atoms with Crippen LogP contribution in [-0.4, -0.2) is 55.5 Å². The van der Waals surface area contributed by atoms with Crippen molar-refractivity contribution in [3.8, 4) is 0 Å². The predicted molar refractivity (Wildman–Crippen MR) is 77.3 cm³/mol. The zero-order valence-corrected chi connectivity index (χ0v) is 13.1. The summed E-state index contributed by atoms with van der Waals surface area (Å²) in [5.74, 6) is 0.960. The fourth-order valence-electron chi connectivity index (χ4n) is 2.92. The van der Waals surface area contributed by atoms with E-state index in [0.29, 0.717) is 38.2 Å². The van der Waals surface area contributed by atoms with Crippen molar-refractivity contribution in [2.45, 2.75) is 52.4 Å². The minimum absolute atomic E-state index is 0.00596. The summed E-state index contributed by atoms with van der Waals surface area (Å²) < 4.78 is 11.1. The maximum absolute atomic E-state index is 12.7. The molecule has 0 spiro atoms. The monoisotopic (exact) mass is 284 g/mol. The second kappa shape index (κ2) is 6.87. The summed E-state index contributed by atoms with van der Waals surface area (Å²) in [6.07, 6.45) is 1.11. The molecule has 0 bridgehead atoms. The third-order valence-corrected chi connectivity index (χ3v) is 4.36. The van der Waals surface area contributed by atoms with Gasteiger partial charge in [-0.25, -0.2) is 0 Å². The van der Waals surface area contributed by atoms with E-state index in [9.17, 15) is 4.79 Å². The second-order valence-corrected chi connectivity index (χ2v) is 6.28. The van der Waals surface area contributed by atoms with Crippen LogP contribution >= 0.6 is 0 Å². The summed E-state index contributed by atoms with van der Waals surface area (Å²) in [6.45, 7) is 11.1. The number of amides is 1. The zero-order chi connectivity index (χ0) is 14.7. The lowest BCUT2D eigenvalue weighted by atomic mass is 9.99. The Balaban J connectivity index is 2.04. The molecule has 2 aliphatic heterocycles. The van der Waals surface area contributed by atoms with Gasteiger partial charge in [-0.3, -0.25) is 10.1 Å². The van der Waals surface area contributed by atoms with Gasteiger partial charge < -0.3 is 14.4 Å². The molecule has 0 saturated carbocycles. The lowest BCUT2D eigenvalue weighted by Crippen LogP contribution is -2.47. The Morgan fingerprint density at radius 1 is 1.35 bits per heavy atom. The molecule has 0 aromatic carbocycles. The van der Waals surface area contributed by atoms with Crippen LogP contribution in [0.3, 0.4) is 0 Å². The van der Waals surface area contributed by atoms with Crippen molar-refractivity contribution < 1.29 is 14.3 Å². The van der Waals surface area contributed by atoms with Crippen molar-refractivity contribution in [3.05, 3.63) is 0 Å². The summed E-state index contributed by atoms with van der Waals surface area (Å²) in [6, 6.07) is -0.0584. The van der Waals surface area contributed by atoms with Gasteiger partial charge in [0, 0.05) is 0 Å². The SMILES string of the molecule is CCC(C)C1NC(C(C)C)N(CC2COCCO2)C1=O. The molecule has 5 nitrogen and oxygen atoms in total. The fraction of sp³-hybridized carbons (Fsp3) is 0.933. The lowest BCUT2D eigenvalue weighted by Gasteiger charge is -2.32. The van der Waals surface area contributed by atoms with E-state index in [-0.39, 0.29) is 24.2 Å². The second-order valence-electron chi connectivity index (χ2n) is 6.28. The fourth-order valence-corrected chi connectivity index (χ4v) is 2.92. The van der Waals surface area contributed by atoms with Crippen molar-refractivity contribution in [2.24, 2.45) is 11.8 Å². The average molecular weight is 284 g/mol. The maximum Gasteiger partial charge on any atom is 0.241 e. The molecular weight excluding hydrogens is 256 g/mol. The van der Waals surface area contributed by atoms with Crippen LogP contribution in [0, 0.1) is 11.8 Å². The first kappa shape index (κ1) is 15.7. The normalized spacial score (nSPS) is 33.0. The van der Waals surface area contributed by atoms with E-state index in [1.54, 1.807) is 0 Å². The smallest absolute Gasteiger partial charge is 0.241 e. The van der Waals surface area contributed by atoms with Gasteiger partial charge in [0.25, 0.3) is 0 Å². The van der Waals surface area contributed by atoms with Gasteiger partial charge in [0.15, 0.2) is 0 Å². The molecule has 1 amide bonds. The van der Waals surface area contributed by atoms with Crippen LogP contribution in [0.2, 0.25) is 0 Å². The molecule has 2 saturated heterocycles. The molecule has 0 radical (unpaired) electrons. The minimum Gasteiger partial charge on any atom is -0.376 e. The maximum atomic E-state index is 12.7. The molecule has 0 aromatic rings. The topological polar surface area (TPSA) is 50.8 Å². The van der Waals surface area contributed by atoms with E-state index in [1.807, 2.05) is 4.90 Å². The Kier molecular flexibility index (Phi) is 5.41. The van der Waals surface area contributed by atoms with E-state index in [4.69, 9.17) is 9.47 Å². The number of nitrogens with one attached hydrogen (secondary N) is 1. The van der Waals surface area contributed by atoms with Crippen LogP contribution in [0.25, 0.3) is 0 Å². The third kappa shape index (κ3) is 3.32. The van der Waals surface area contributed by atoms with Crippen molar-refractivity contribution in [1.29, 1.82) is 0 Å². The number of hydrogen-bond donors (Lipinski definition) is 1. The lowest BCUT2D eigenvalue weighted by molar-refractivity contribution is -0.138. The quantitative estimate of drug-likeness (QED) is 0.825. The highest BCUT2D eigenvalue weighted by atomic mass is 16.6. The van der Waals surface area contributed by atoms with Crippen LogP contribution in [0.4, 0.5) is 0 Å². The molecule has 116 valence electrons. The molecular formula is C15H28N2O3. The summed E-state index contributed by atoms with van der Waals surface area (Å²) in [5, 5.41) is 3.51.